The lowest BCUT2D eigenvalue weighted by atomic mass is 9.63. The number of likely N-dealkylation sites (tertiary alicyclic amines) is 1. The Morgan fingerprint density at radius 1 is 0.892 bits per heavy atom. The molecule has 188 valence electrons. The second-order valence-electron chi connectivity index (χ2n) is 9.88. The van der Waals surface area contributed by atoms with Gasteiger partial charge in [0.1, 0.15) is 18.0 Å². The molecule has 10 heteroatoms. The van der Waals surface area contributed by atoms with Gasteiger partial charge in [-0.25, -0.2) is 0 Å². The summed E-state index contributed by atoms with van der Waals surface area (Å²) >= 11 is 0. The van der Waals surface area contributed by atoms with Gasteiger partial charge in [0.05, 0.1) is 16.8 Å². The number of amides is 2. The van der Waals surface area contributed by atoms with Crippen molar-refractivity contribution in [2.75, 3.05) is 13.2 Å². The SMILES string of the molecule is O=C(CN1C(=O)[C@@H]2[C@H]3C=C[C@@H]([C@@H]4C[C@H]34)[C@@H]2C1=O)OCC(=O)c1ccc(Oc2ccc([N+](=O)[O-])cc2)cc1. The zero-order chi connectivity index (χ0) is 25.8. The maximum Gasteiger partial charge on any atom is 0.326 e. The smallest absolute Gasteiger partial charge is 0.326 e. The Kier molecular flexibility index (Phi) is 5.40. The van der Waals surface area contributed by atoms with Gasteiger partial charge in [0, 0.05) is 17.7 Å². The Labute approximate surface area is 211 Å². The van der Waals surface area contributed by atoms with Crippen molar-refractivity contribution in [2.45, 2.75) is 6.42 Å². The maximum atomic E-state index is 13.0. The molecule has 0 aromatic heterocycles. The van der Waals surface area contributed by atoms with Gasteiger partial charge in [-0.05, 0) is 66.5 Å². The van der Waals surface area contributed by atoms with E-state index in [1.807, 2.05) is 0 Å². The molecule has 4 aliphatic carbocycles. The molecule has 2 aromatic carbocycles. The van der Waals surface area contributed by atoms with Crippen LogP contribution in [0.2, 0.25) is 0 Å². The number of imide groups is 1. The zero-order valence-electron chi connectivity index (χ0n) is 19.5. The molecule has 37 heavy (non-hydrogen) atoms. The van der Waals surface area contributed by atoms with Crippen molar-refractivity contribution in [2.24, 2.45) is 35.5 Å². The molecule has 1 aliphatic heterocycles. The van der Waals surface area contributed by atoms with E-state index in [4.69, 9.17) is 9.47 Å². The van der Waals surface area contributed by atoms with Crippen LogP contribution in [0.5, 0.6) is 11.5 Å². The predicted molar refractivity (Wildman–Crippen MR) is 126 cm³/mol. The molecule has 2 aromatic rings. The van der Waals surface area contributed by atoms with E-state index < -0.39 is 29.8 Å². The van der Waals surface area contributed by atoms with E-state index in [9.17, 15) is 29.3 Å². The number of allylic oxidation sites excluding steroid dienone is 2. The van der Waals surface area contributed by atoms with Crippen LogP contribution in [0.4, 0.5) is 5.69 Å². The number of esters is 1. The summed E-state index contributed by atoms with van der Waals surface area (Å²) in [7, 11) is 0. The highest BCUT2D eigenvalue weighted by molar-refractivity contribution is 6.08. The lowest BCUT2D eigenvalue weighted by Crippen LogP contribution is -2.40. The summed E-state index contributed by atoms with van der Waals surface area (Å²) in [6.45, 7) is -1.02. The number of ketones is 1. The minimum Gasteiger partial charge on any atom is -0.457 e. The highest BCUT2D eigenvalue weighted by Crippen LogP contribution is 2.65. The largest absolute Gasteiger partial charge is 0.457 e. The molecule has 0 radical (unpaired) electrons. The van der Waals surface area contributed by atoms with Crippen LogP contribution in [0, 0.1) is 45.6 Å². The summed E-state index contributed by atoms with van der Waals surface area (Å²) in [5.74, 6) is -0.744. The number of nitrogens with zero attached hydrogens (tertiary/aromatic N) is 2. The molecule has 0 N–H and O–H groups in total. The Bertz CT molecular complexity index is 1310. The van der Waals surface area contributed by atoms with Crippen molar-refractivity contribution in [3.8, 4) is 11.5 Å². The Morgan fingerprint density at radius 3 is 1.97 bits per heavy atom. The number of rotatable bonds is 8. The quantitative estimate of drug-likeness (QED) is 0.134. The maximum absolute atomic E-state index is 13.0. The molecule has 3 fully saturated rings. The van der Waals surface area contributed by atoms with E-state index in [0.717, 1.165) is 11.3 Å². The zero-order valence-corrected chi connectivity index (χ0v) is 19.5. The summed E-state index contributed by atoms with van der Waals surface area (Å²) in [5, 5.41) is 10.7. The fourth-order valence-corrected chi connectivity index (χ4v) is 6.06. The van der Waals surface area contributed by atoms with Crippen molar-refractivity contribution in [3.63, 3.8) is 0 Å². The van der Waals surface area contributed by atoms with Crippen LogP contribution in [0.3, 0.4) is 0 Å². The van der Waals surface area contributed by atoms with E-state index in [1.54, 1.807) is 12.1 Å². The van der Waals surface area contributed by atoms with E-state index in [2.05, 4.69) is 12.2 Å². The summed E-state index contributed by atoms with van der Waals surface area (Å²) < 4.78 is 10.7. The van der Waals surface area contributed by atoms with Gasteiger partial charge in [-0.3, -0.25) is 34.2 Å². The third kappa shape index (κ3) is 3.98. The minimum atomic E-state index is -0.808. The predicted octanol–water partition coefficient (Wildman–Crippen LogP) is 3.17. The molecule has 2 saturated carbocycles. The third-order valence-electron chi connectivity index (χ3n) is 7.87. The third-order valence-corrected chi connectivity index (χ3v) is 7.87. The first kappa shape index (κ1) is 23.1. The van der Waals surface area contributed by atoms with Crippen molar-refractivity contribution in [3.05, 3.63) is 76.4 Å². The molecule has 1 saturated heterocycles. The fourth-order valence-electron chi connectivity index (χ4n) is 6.06. The molecule has 2 amide bonds. The minimum absolute atomic E-state index is 0.0553. The van der Waals surface area contributed by atoms with Gasteiger partial charge in [0.25, 0.3) is 5.69 Å². The Hall–Kier alpha value is -4.34. The molecule has 6 atom stereocenters. The van der Waals surface area contributed by atoms with Gasteiger partial charge < -0.3 is 9.47 Å². The topological polar surface area (TPSA) is 133 Å². The van der Waals surface area contributed by atoms with E-state index in [0.29, 0.717) is 23.3 Å². The summed E-state index contributed by atoms with van der Waals surface area (Å²) in [6.07, 6.45) is 5.19. The highest BCUT2D eigenvalue weighted by Gasteiger charge is 2.67. The molecule has 7 rings (SSSR count). The summed E-state index contributed by atoms with van der Waals surface area (Å²) in [6, 6.07) is 11.7. The number of carbonyl (C=O) groups is 4. The molecule has 2 bridgehead atoms. The van der Waals surface area contributed by atoms with Crippen molar-refractivity contribution in [1.82, 2.24) is 4.90 Å². The van der Waals surface area contributed by atoms with E-state index in [1.165, 1.54) is 36.4 Å². The van der Waals surface area contributed by atoms with Crippen LogP contribution in [0.1, 0.15) is 16.8 Å². The second-order valence-corrected chi connectivity index (χ2v) is 9.88. The lowest BCUT2D eigenvalue weighted by molar-refractivity contribution is -0.384. The van der Waals surface area contributed by atoms with Crippen molar-refractivity contribution >= 4 is 29.3 Å². The first-order valence-corrected chi connectivity index (χ1v) is 12.1. The lowest BCUT2D eigenvalue weighted by Gasteiger charge is -2.37. The summed E-state index contributed by atoms with van der Waals surface area (Å²) in [4.78, 5) is 62.1. The van der Waals surface area contributed by atoms with Crippen molar-refractivity contribution < 1.29 is 33.6 Å². The molecule has 0 unspecified atom stereocenters. The molecule has 1 heterocycles. The van der Waals surface area contributed by atoms with Crippen LogP contribution in [-0.4, -0.2) is 46.5 Å². The number of benzene rings is 2. The van der Waals surface area contributed by atoms with Gasteiger partial charge in [-0.1, -0.05) is 12.2 Å². The number of ether oxygens (including phenoxy) is 2. The van der Waals surface area contributed by atoms with E-state index >= 15 is 0 Å². The van der Waals surface area contributed by atoms with Crippen LogP contribution in [-0.2, 0) is 19.1 Å². The van der Waals surface area contributed by atoms with Gasteiger partial charge in [-0.2, -0.15) is 0 Å². The number of carbonyl (C=O) groups excluding carboxylic acids is 4. The number of non-ortho nitro benzene ring substituents is 1. The molecular formula is C27H22N2O8. The number of hydrogen-bond donors (Lipinski definition) is 0. The van der Waals surface area contributed by atoms with Gasteiger partial charge >= 0.3 is 5.97 Å². The first-order valence-electron chi connectivity index (χ1n) is 12.1. The average molecular weight is 502 g/mol. The standard InChI is InChI=1S/C27H22N2O8/c30-22(14-1-5-16(6-2-14)37-17-7-3-15(4-8-17)29(34)35)13-36-23(31)12-28-26(32)24-18-9-10-19(21-11-20(18)21)25(24)27(28)33/h1-10,18-21,24-25H,11-13H2/t18-,19-,20-,21+,24-,25+/m0/s1. The van der Waals surface area contributed by atoms with Crippen molar-refractivity contribution in [1.29, 1.82) is 0 Å². The molecule has 5 aliphatic rings. The second kappa shape index (κ2) is 8.65. The fraction of sp³-hybridized carbons (Fsp3) is 0.333. The Morgan fingerprint density at radius 2 is 1.43 bits per heavy atom. The monoisotopic (exact) mass is 502 g/mol. The highest BCUT2D eigenvalue weighted by atomic mass is 16.6. The van der Waals surface area contributed by atoms with Crippen LogP contribution < -0.4 is 4.74 Å². The normalized spacial score (nSPS) is 28.5. The number of nitro groups is 1. The van der Waals surface area contributed by atoms with Gasteiger partial charge in [0.15, 0.2) is 12.4 Å². The van der Waals surface area contributed by atoms with E-state index in [-0.39, 0.29) is 46.7 Å². The van der Waals surface area contributed by atoms with Gasteiger partial charge in [-0.15, -0.1) is 0 Å². The number of nitro benzene ring substituents is 1. The molecule has 0 spiro atoms. The molecular weight excluding hydrogens is 480 g/mol. The average Bonchev–Trinajstić information content (AvgIpc) is 3.69. The first-order chi connectivity index (χ1) is 17.8. The number of hydrogen-bond acceptors (Lipinski definition) is 8. The van der Waals surface area contributed by atoms with Crippen LogP contribution in [0.25, 0.3) is 0 Å². The van der Waals surface area contributed by atoms with Gasteiger partial charge in [0.2, 0.25) is 11.8 Å². The summed E-state index contributed by atoms with van der Waals surface area (Å²) in [5.41, 5.74) is 0.227. The van der Waals surface area contributed by atoms with Crippen LogP contribution in [0.15, 0.2) is 60.7 Å². The molecule has 10 nitrogen and oxygen atoms in total. The number of Topliss-reactive ketones (excluding diaryl/α,β-unsaturated/α-hetero) is 1. The Balaban J connectivity index is 1.01. The van der Waals surface area contributed by atoms with Crippen LogP contribution >= 0.6 is 0 Å².